The van der Waals surface area contributed by atoms with Gasteiger partial charge in [-0.2, -0.15) is 0 Å². The molecule has 110 valence electrons. The molecule has 0 radical (unpaired) electrons. The fourth-order valence-electron chi connectivity index (χ4n) is 2.49. The van der Waals surface area contributed by atoms with Gasteiger partial charge in [0.05, 0.1) is 11.1 Å². The maximum absolute atomic E-state index is 13.0. The maximum Gasteiger partial charge on any atom is 0.331 e. The predicted octanol–water partition coefficient (Wildman–Crippen LogP) is 2.25. The average molecular weight is 299 g/mol. The number of benzene rings is 2. The first kappa shape index (κ1) is 13.9. The summed E-state index contributed by atoms with van der Waals surface area (Å²) in [5.41, 5.74) is 0.491. The largest absolute Gasteiger partial charge is 0.479 e. The second-order valence-electron chi connectivity index (χ2n) is 4.82. The van der Waals surface area contributed by atoms with Crippen LogP contribution in [-0.4, -0.2) is 27.8 Å². The summed E-state index contributed by atoms with van der Waals surface area (Å²) in [5.74, 6) is -3.23. The van der Waals surface area contributed by atoms with Gasteiger partial charge in [0.1, 0.15) is 5.82 Å². The zero-order valence-electron chi connectivity index (χ0n) is 11.2. The molecule has 0 spiro atoms. The molecule has 0 fully saturated rings. The SMILES string of the molecule is O=C(O)[C@H](c1ccc(F)cc1)N1C(=O)c2ccccc2C1=O. The Balaban J connectivity index is 2.08. The zero-order valence-corrected chi connectivity index (χ0v) is 11.2. The van der Waals surface area contributed by atoms with Crippen LogP contribution in [0.25, 0.3) is 0 Å². The lowest BCUT2D eigenvalue weighted by Crippen LogP contribution is -2.38. The van der Waals surface area contributed by atoms with Crippen molar-refractivity contribution < 1.29 is 23.9 Å². The van der Waals surface area contributed by atoms with E-state index in [-0.39, 0.29) is 16.7 Å². The quantitative estimate of drug-likeness (QED) is 0.882. The number of amides is 2. The number of imide groups is 1. The van der Waals surface area contributed by atoms with E-state index in [0.717, 1.165) is 12.1 Å². The Hall–Kier alpha value is -3.02. The van der Waals surface area contributed by atoms with Gasteiger partial charge in [-0.05, 0) is 29.8 Å². The van der Waals surface area contributed by atoms with Gasteiger partial charge in [0.25, 0.3) is 11.8 Å². The van der Waals surface area contributed by atoms with Crippen molar-refractivity contribution >= 4 is 17.8 Å². The van der Waals surface area contributed by atoms with Crippen LogP contribution in [0.1, 0.15) is 32.3 Å². The molecular formula is C16H10FNO4. The number of aliphatic carboxylic acids is 1. The molecule has 3 rings (SSSR count). The lowest BCUT2D eigenvalue weighted by molar-refractivity contribution is -0.141. The van der Waals surface area contributed by atoms with Crippen molar-refractivity contribution in [1.82, 2.24) is 4.90 Å². The van der Waals surface area contributed by atoms with Gasteiger partial charge >= 0.3 is 5.97 Å². The summed E-state index contributed by atoms with van der Waals surface area (Å²) in [6.45, 7) is 0. The lowest BCUT2D eigenvalue weighted by Gasteiger charge is -2.22. The van der Waals surface area contributed by atoms with E-state index in [1.807, 2.05) is 0 Å². The number of nitrogens with zero attached hydrogens (tertiary/aromatic N) is 1. The van der Waals surface area contributed by atoms with E-state index >= 15 is 0 Å². The highest BCUT2D eigenvalue weighted by molar-refractivity contribution is 6.22. The Labute approximate surface area is 124 Å². The minimum Gasteiger partial charge on any atom is -0.479 e. The maximum atomic E-state index is 13.0. The Kier molecular flexibility index (Phi) is 3.21. The van der Waals surface area contributed by atoms with Crippen molar-refractivity contribution in [1.29, 1.82) is 0 Å². The number of carbonyl (C=O) groups excluding carboxylic acids is 2. The molecule has 1 heterocycles. The Morgan fingerprint density at radius 3 is 1.91 bits per heavy atom. The van der Waals surface area contributed by atoms with E-state index in [1.165, 1.54) is 24.3 Å². The number of hydrogen-bond donors (Lipinski definition) is 1. The number of carbonyl (C=O) groups is 3. The van der Waals surface area contributed by atoms with Crippen molar-refractivity contribution in [2.45, 2.75) is 6.04 Å². The molecule has 5 nitrogen and oxygen atoms in total. The molecule has 0 aliphatic carbocycles. The number of fused-ring (bicyclic) bond motifs is 1. The molecule has 0 saturated heterocycles. The van der Waals surface area contributed by atoms with Crippen LogP contribution in [0.4, 0.5) is 4.39 Å². The summed E-state index contributed by atoms with van der Waals surface area (Å²) in [6.07, 6.45) is 0. The van der Waals surface area contributed by atoms with E-state index in [1.54, 1.807) is 12.1 Å². The normalized spacial score (nSPS) is 14.9. The summed E-state index contributed by atoms with van der Waals surface area (Å²) < 4.78 is 13.0. The molecule has 6 heteroatoms. The standard InChI is InChI=1S/C16H10FNO4/c17-10-7-5-9(6-8-10)13(16(21)22)18-14(19)11-3-1-2-4-12(11)15(18)20/h1-8,13H,(H,21,22)/t13-/m0/s1. The summed E-state index contributed by atoms with van der Waals surface area (Å²) in [6, 6.07) is 9.32. The molecule has 0 aromatic heterocycles. The van der Waals surface area contributed by atoms with Crippen LogP contribution in [0.5, 0.6) is 0 Å². The summed E-state index contributed by atoms with van der Waals surface area (Å²) in [5, 5.41) is 9.43. The summed E-state index contributed by atoms with van der Waals surface area (Å²) in [4.78, 5) is 37.0. The molecule has 0 unspecified atom stereocenters. The highest BCUT2D eigenvalue weighted by atomic mass is 19.1. The average Bonchev–Trinajstić information content (AvgIpc) is 2.75. The van der Waals surface area contributed by atoms with E-state index in [4.69, 9.17) is 0 Å². The molecule has 0 saturated carbocycles. The van der Waals surface area contributed by atoms with Crippen molar-refractivity contribution in [3.63, 3.8) is 0 Å². The molecule has 0 bridgehead atoms. The smallest absolute Gasteiger partial charge is 0.331 e. The second-order valence-corrected chi connectivity index (χ2v) is 4.82. The molecule has 1 N–H and O–H groups in total. The van der Waals surface area contributed by atoms with Crippen LogP contribution in [-0.2, 0) is 4.79 Å². The lowest BCUT2D eigenvalue weighted by atomic mass is 10.1. The predicted molar refractivity (Wildman–Crippen MR) is 73.7 cm³/mol. The molecule has 1 aliphatic rings. The number of carboxylic acid groups (broad SMARTS) is 1. The first-order valence-electron chi connectivity index (χ1n) is 6.46. The number of carboxylic acids is 1. The van der Waals surface area contributed by atoms with Gasteiger partial charge in [-0.1, -0.05) is 24.3 Å². The van der Waals surface area contributed by atoms with Crippen LogP contribution < -0.4 is 0 Å². The zero-order chi connectivity index (χ0) is 15.9. The fraction of sp³-hybridized carbons (Fsp3) is 0.0625. The highest BCUT2D eigenvalue weighted by Gasteiger charge is 2.43. The third kappa shape index (κ3) is 2.05. The van der Waals surface area contributed by atoms with Gasteiger partial charge in [-0.25, -0.2) is 9.18 Å². The first-order valence-corrected chi connectivity index (χ1v) is 6.46. The minimum atomic E-state index is -1.49. The highest BCUT2D eigenvalue weighted by Crippen LogP contribution is 2.31. The van der Waals surface area contributed by atoms with E-state index in [9.17, 15) is 23.9 Å². The molecule has 2 amide bonds. The Morgan fingerprint density at radius 2 is 1.45 bits per heavy atom. The van der Waals surface area contributed by atoms with Crippen molar-refractivity contribution in [2.75, 3.05) is 0 Å². The van der Waals surface area contributed by atoms with E-state index < -0.39 is 29.6 Å². The van der Waals surface area contributed by atoms with Gasteiger partial charge in [-0.15, -0.1) is 0 Å². The van der Waals surface area contributed by atoms with Gasteiger partial charge in [0.2, 0.25) is 0 Å². The minimum absolute atomic E-state index is 0.156. The number of hydrogen-bond acceptors (Lipinski definition) is 3. The fourth-order valence-corrected chi connectivity index (χ4v) is 2.49. The topological polar surface area (TPSA) is 74.7 Å². The van der Waals surface area contributed by atoms with Gasteiger partial charge in [0, 0.05) is 0 Å². The van der Waals surface area contributed by atoms with Crippen molar-refractivity contribution in [3.8, 4) is 0 Å². The molecule has 1 atom stereocenters. The van der Waals surface area contributed by atoms with Crippen LogP contribution in [0.2, 0.25) is 0 Å². The Bertz CT molecular complexity index is 750. The van der Waals surface area contributed by atoms with Crippen LogP contribution >= 0.6 is 0 Å². The van der Waals surface area contributed by atoms with Crippen LogP contribution in [0.3, 0.4) is 0 Å². The number of halogens is 1. The third-order valence-corrected chi connectivity index (χ3v) is 3.50. The Morgan fingerprint density at radius 1 is 0.955 bits per heavy atom. The molecule has 22 heavy (non-hydrogen) atoms. The van der Waals surface area contributed by atoms with Gasteiger partial charge in [-0.3, -0.25) is 14.5 Å². The van der Waals surface area contributed by atoms with Crippen LogP contribution in [0, 0.1) is 5.82 Å². The summed E-state index contributed by atoms with van der Waals surface area (Å²) in [7, 11) is 0. The molecule has 2 aromatic carbocycles. The van der Waals surface area contributed by atoms with E-state index in [2.05, 4.69) is 0 Å². The summed E-state index contributed by atoms with van der Waals surface area (Å²) >= 11 is 0. The van der Waals surface area contributed by atoms with Crippen LogP contribution in [0.15, 0.2) is 48.5 Å². The first-order chi connectivity index (χ1) is 10.5. The van der Waals surface area contributed by atoms with Gasteiger partial charge < -0.3 is 5.11 Å². The monoisotopic (exact) mass is 299 g/mol. The molecule has 2 aromatic rings. The van der Waals surface area contributed by atoms with Gasteiger partial charge in [0.15, 0.2) is 6.04 Å². The number of rotatable bonds is 3. The van der Waals surface area contributed by atoms with Crippen molar-refractivity contribution in [2.24, 2.45) is 0 Å². The molecular weight excluding hydrogens is 289 g/mol. The van der Waals surface area contributed by atoms with Crippen molar-refractivity contribution in [3.05, 3.63) is 71.0 Å². The molecule has 1 aliphatic heterocycles. The second kappa shape index (κ2) is 5.07. The van der Waals surface area contributed by atoms with E-state index in [0.29, 0.717) is 4.90 Å². The third-order valence-electron chi connectivity index (χ3n) is 3.50.